The Labute approximate surface area is 110 Å². The topological polar surface area (TPSA) is 59.4 Å². The first-order chi connectivity index (χ1) is 8.06. The van der Waals surface area contributed by atoms with E-state index >= 15 is 0 Å². The average molecular weight is 314 g/mol. The lowest BCUT2D eigenvalue weighted by molar-refractivity contribution is 0.0702. The maximum absolute atomic E-state index is 10.7. The van der Waals surface area contributed by atoms with Gasteiger partial charge in [0.05, 0.1) is 4.47 Å². The highest BCUT2D eigenvalue weighted by Gasteiger charge is 2.10. The fourth-order valence-corrected chi connectivity index (χ4v) is 2.38. The molecule has 1 N–H and O–H groups in total. The quantitative estimate of drug-likeness (QED) is 0.938. The number of ether oxygens (including phenoxy) is 1. The number of carbonyl (C=O) groups is 1. The zero-order valence-corrected chi connectivity index (χ0v) is 11.2. The minimum Gasteiger partial charge on any atom is -0.477 e. The van der Waals surface area contributed by atoms with Gasteiger partial charge in [-0.15, -0.1) is 11.3 Å². The van der Waals surface area contributed by atoms with Gasteiger partial charge in [-0.2, -0.15) is 0 Å². The molecule has 0 aliphatic heterocycles. The average Bonchev–Trinajstić information content (AvgIpc) is 2.71. The van der Waals surface area contributed by atoms with Gasteiger partial charge < -0.3 is 9.84 Å². The number of carboxylic acids is 1. The van der Waals surface area contributed by atoms with Crippen LogP contribution in [-0.4, -0.2) is 16.1 Å². The maximum atomic E-state index is 10.7. The molecule has 6 heteroatoms. The summed E-state index contributed by atoms with van der Waals surface area (Å²) < 4.78 is 6.22. The van der Waals surface area contributed by atoms with Crippen LogP contribution in [0, 0.1) is 6.92 Å². The molecule has 2 aromatic rings. The van der Waals surface area contributed by atoms with Crippen molar-refractivity contribution < 1.29 is 14.6 Å². The van der Waals surface area contributed by atoms with E-state index < -0.39 is 5.97 Å². The van der Waals surface area contributed by atoms with Crippen LogP contribution in [0.2, 0.25) is 0 Å². The van der Waals surface area contributed by atoms with Crippen LogP contribution in [-0.2, 0) is 0 Å². The van der Waals surface area contributed by atoms with Gasteiger partial charge in [0, 0.05) is 17.6 Å². The number of thiophene rings is 1. The van der Waals surface area contributed by atoms with Gasteiger partial charge in [0.2, 0.25) is 5.88 Å². The Morgan fingerprint density at radius 3 is 2.88 bits per heavy atom. The van der Waals surface area contributed by atoms with Crippen molar-refractivity contribution in [2.24, 2.45) is 0 Å². The van der Waals surface area contributed by atoms with Gasteiger partial charge in [0.25, 0.3) is 0 Å². The number of aromatic carboxylic acids is 1. The molecule has 0 aliphatic rings. The normalized spacial score (nSPS) is 10.2. The Kier molecular flexibility index (Phi) is 3.44. The third-order valence-corrected chi connectivity index (χ3v) is 3.41. The van der Waals surface area contributed by atoms with E-state index in [1.165, 1.54) is 6.07 Å². The van der Waals surface area contributed by atoms with Crippen molar-refractivity contribution >= 4 is 33.2 Å². The third-order valence-electron chi connectivity index (χ3n) is 1.94. The molecule has 17 heavy (non-hydrogen) atoms. The van der Waals surface area contributed by atoms with Crippen LogP contribution < -0.4 is 4.74 Å². The van der Waals surface area contributed by atoms with Crippen molar-refractivity contribution in [1.29, 1.82) is 0 Å². The van der Waals surface area contributed by atoms with Gasteiger partial charge in [-0.3, -0.25) is 0 Å². The van der Waals surface area contributed by atoms with Gasteiger partial charge in [-0.25, -0.2) is 9.78 Å². The summed E-state index contributed by atoms with van der Waals surface area (Å²) in [5, 5.41) is 10.4. The Hall–Kier alpha value is -1.40. The number of rotatable bonds is 3. The number of aromatic nitrogens is 1. The van der Waals surface area contributed by atoms with Gasteiger partial charge in [-0.1, -0.05) is 0 Å². The van der Waals surface area contributed by atoms with Crippen LogP contribution in [0.25, 0.3) is 0 Å². The summed E-state index contributed by atoms with van der Waals surface area (Å²) in [7, 11) is 0. The van der Waals surface area contributed by atoms with E-state index in [1.54, 1.807) is 11.6 Å². The lowest BCUT2D eigenvalue weighted by Crippen LogP contribution is -1.91. The number of pyridine rings is 1. The Morgan fingerprint density at radius 2 is 2.29 bits per heavy atom. The summed E-state index contributed by atoms with van der Waals surface area (Å²) >= 11 is 4.46. The minimum atomic E-state index is -0.958. The van der Waals surface area contributed by atoms with Crippen LogP contribution in [0.15, 0.2) is 28.2 Å². The molecule has 88 valence electrons. The zero-order chi connectivity index (χ0) is 12.4. The molecule has 0 aliphatic carbocycles. The molecule has 2 rings (SSSR count). The molecular formula is C11H8BrNO3S. The first kappa shape index (κ1) is 12.1. The van der Waals surface area contributed by atoms with Crippen LogP contribution >= 0.6 is 27.3 Å². The number of hydrogen-bond acceptors (Lipinski definition) is 4. The van der Waals surface area contributed by atoms with Gasteiger partial charge in [-0.05, 0) is 34.5 Å². The van der Waals surface area contributed by atoms with Crippen LogP contribution in [0.5, 0.6) is 11.6 Å². The second-order valence-corrected chi connectivity index (χ2v) is 5.12. The van der Waals surface area contributed by atoms with E-state index in [1.807, 2.05) is 13.0 Å². The molecule has 4 nitrogen and oxygen atoms in total. The predicted molar refractivity (Wildman–Crippen MR) is 68.0 cm³/mol. The minimum absolute atomic E-state index is 0.239. The Balaban J connectivity index is 2.22. The van der Waals surface area contributed by atoms with Gasteiger partial charge in [0.15, 0.2) is 0 Å². The summed E-state index contributed by atoms with van der Waals surface area (Å²) in [6.45, 7) is 1.93. The second-order valence-electron chi connectivity index (χ2n) is 3.35. The molecule has 0 aromatic carbocycles. The molecular weight excluding hydrogens is 306 g/mol. The van der Waals surface area contributed by atoms with Crippen molar-refractivity contribution in [3.05, 3.63) is 38.6 Å². The molecule has 0 bridgehead atoms. The first-order valence-electron chi connectivity index (χ1n) is 4.68. The maximum Gasteiger partial charge on any atom is 0.346 e. The van der Waals surface area contributed by atoms with E-state index in [0.29, 0.717) is 11.6 Å². The largest absolute Gasteiger partial charge is 0.477 e. The third kappa shape index (κ3) is 2.83. The monoisotopic (exact) mass is 313 g/mol. The smallest absolute Gasteiger partial charge is 0.346 e. The number of carboxylic acid groups (broad SMARTS) is 1. The molecule has 0 fully saturated rings. The van der Waals surface area contributed by atoms with E-state index in [-0.39, 0.29) is 4.88 Å². The number of hydrogen-bond donors (Lipinski definition) is 1. The summed E-state index contributed by atoms with van der Waals surface area (Å²) in [5.74, 6) is -0.0597. The molecule has 0 saturated heterocycles. The van der Waals surface area contributed by atoms with E-state index in [9.17, 15) is 4.79 Å². The van der Waals surface area contributed by atoms with E-state index in [2.05, 4.69) is 20.9 Å². The summed E-state index contributed by atoms with van der Waals surface area (Å²) in [4.78, 5) is 15.1. The van der Waals surface area contributed by atoms with Crippen molar-refractivity contribution in [1.82, 2.24) is 4.98 Å². The molecule has 0 unspecified atom stereocenters. The zero-order valence-electron chi connectivity index (χ0n) is 8.81. The van der Waals surface area contributed by atoms with Crippen molar-refractivity contribution in [3.63, 3.8) is 0 Å². The van der Waals surface area contributed by atoms with Crippen LogP contribution in [0.4, 0.5) is 0 Å². The number of nitrogens with zero attached hydrogens (tertiary/aromatic N) is 1. The van der Waals surface area contributed by atoms with Crippen molar-refractivity contribution in [2.75, 3.05) is 0 Å². The predicted octanol–water partition coefficient (Wildman–Crippen LogP) is 3.70. The molecule has 0 amide bonds. The number of aryl methyl sites for hydroxylation is 1. The highest BCUT2D eigenvalue weighted by atomic mass is 79.9. The summed E-state index contributed by atoms with van der Waals surface area (Å²) in [5.41, 5.74) is 1.01. The van der Waals surface area contributed by atoms with Gasteiger partial charge in [0.1, 0.15) is 10.6 Å². The SMILES string of the molecule is Cc1cnc(Oc2csc(C(=O)O)c2)c(Br)c1. The Morgan fingerprint density at radius 1 is 1.53 bits per heavy atom. The molecule has 0 spiro atoms. The summed E-state index contributed by atoms with van der Waals surface area (Å²) in [6.07, 6.45) is 1.69. The highest BCUT2D eigenvalue weighted by Crippen LogP contribution is 2.30. The standard InChI is InChI=1S/C11H8BrNO3S/c1-6-2-8(12)10(13-4-6)16-7-3-9(11(14)15)17-5-7/h2-5H,1H3,(H,14,15). The van der Waals surface area contributed by atoms with Crippen molar-refractivity contribution in [2.45, 2.75) is 6.92 Å². The molecule has 0 atom stereocenters. The molecule has 0 saturated carbocycles. The van der Waals surface area contributed by atoms with E-state index in [4.69, 9.17) is 9.84 Å². The fraction of sp³-hybridized carbons (Fsp3) is 0.0909. The van der Waals surface area contributed by atoms with Crippen LogP contribution in [0.3, 0.4) is 0 Å². The lowest BCUT2D eigenvalue weighted by Gasteiger charge is -2.04. The second kappa shape index (κ2) is 4.85. The lowest BCUT2D eigenvalue weighted by atomic mass is 10.3. The molecule has 0 radical (unpaired) electrons. The number of halogens is 1. The first-order valence-corrected chi connectivity index (χ1v) is 6.35. The van der Waals surface area contributed by atoms with Gasteiger partial charge >= 0.3 is 5.97 Å². The van der Waals surface area contributed by atoms with Crippen molar-refractivity contribution in [3.8, 4) is 11.6 Å². The highest BCUT2D eigenvalue weighted by molar-refractivity contribution is 9.10. The summed E-state index contributed by atoms with van der Waals surface area (Å²) in [6, 6.07) is 3.35. The Bertz CT molecular complexity index is 568. The van der Waals surface area contributed by atoms with Crippen LogP contribution in [0.1, 0.15) is 15.2 Å². The fourth-order valence-electron chi connectivity index (χ4n) is 1.19. The molecule has 2 aromatic heterocycles. The molecule has 2 heterocycles. The van der Waals surface area contributed by atoms with E-state index in [0.717, 1.165) is 21.4 Å².